The van der Waals surface area contributed by atoms with Crippen LogP contribution >= 0.6 is 0 Å². The number of hydrogen-bond donors (Lipinski definition) is 5. The van der Waals surface area contributed by atoms with E-state index in [0.29, 0.717) is 25.1 Å². The van der Waals surface area contributed by atoms with Crippen LogP contribution in [0.2, 0.25) is 0 Å². The zero-order valence-electron chi connectivity index (χ0n) is 10.8. The third-order valence-corrected chi connectivity index (χ3v) is 2.82. The smallest absolute Gasteiger partial charge is 0.200 e. The molecule has 0 heterocycles. The van der Waals surface area contributed by atoms with Crippen LogP contribution in [-0.2, 0) is 6.54 Å². The summed E-state index contributed by atoms with van der Waals surface area (Å²) in [5, 5.41) is 41.1. The van der Waals surface area contributed by atoms with Gasteiger partial charge < -0.3 is 25.7 Å². The summed E-state index contributed by atoms with van der Waals surface area (Å²) in [5.74, 6) is -1.21. The molecule has 0 radical (unpaired) electrons. The van der Waals surface area contributed by atoms with Crippen molar-refractivity contribution in [2.75, 3.05) is 6.54 Å². The van der Waals surface area contributed by atoms with Crippen LogP contribution in [0.15, 0.2) is 12.1 Å². The molecule has 0 amide bonds. The minimum atomic E-state index is -0.788. The van der Waals surface area contributed by atoms with Crippen molar-refractivity contribution in [2.24, 2.45) is 0 Å². The van der Waals surface area contributed by atoms with Gasteiger partial charge >= 0.3 is 0 Å². The largest absolute Gasteiger partial charge is 0.504 e. The monoisotopic (exact) mass is 255 g/mol. The third kappa shape index (κ3) is 3.78. The maximum Gasteiger partial charge on any atom is 0.200 e. The average molecular weight is 255 g/mol. The van der Waals surface area contributed by atoms with Gasteiger partial charge in [0.2, 0.25) is 5.75 Å². The Hall–Kier alpha value is -1.46. The van der Waals surface area contributed by atoms with Crippen LogP contribution < -0.4 is 5.32 Å². The summed E-state index contributed by atoms with van der Waals surface area (Å²) in [4.78, 5) is 0. The van der Waals surface area contributed by atoms with Gasteiger partial charge in [0.25, 0.3) is 0 Å². The average Bonchev–Trinajstić information content (AvgIpc) is 2.29. The normalized spacial score (nSPS) is 14.4. The molecule has 0 aromatic heterocycles. The maximum atomic E-state index is 9.95. The standard InChI is InChI=1S/C13H21NO4/c1-3-6-13(2,18)8-14-7-9-4-5-10(15)12(17)11(9)16/h4-5,14-18H,3,6-8H2,1-2H3. The summed E-state index contributed by atoms with van der Waals surface area (Å²) >= 11 is 0. The van der Waals surface area contributed by atoms with E-state index in [-0.39, 0.29) is 11.5 Å². The molecule has 0 aliphatic carbocycles. The number of phenolic OH excluding ortho intramolecular Hbond substituents is 3. The Balaban J connectivity index is 2.57. The lowest BCUT2D eigenvalue weighted by Gasteiger charge is -2.23. The second kappa shape index (κ2) is 5.93. The summed E-state index contributed by atoms with van der Waals surface area (Å²) in [6, 6.07) is 2.84. The summed E-state index contributed by atoms with van der Waals surface area (Å²) in [7, 11) is 0. The Kier molecular flexibility index (Phi) is 4.81. The molecule has 0 aliphatic heterocycles. The van der Waals surface area contributed by atoms with Gasteiger partial charge in [-0.15, -0.1) is 0 Å². The minimum absolute atomic E-state index is 0.305. The molecule has 1 atom stereocenters. The lowest BCUT2D eigenvalue weighted by Crippen LogP contribution is -2.37. The van der Waals surface area contributed by atoms with E-state index in [1.807, 2.05) is 6.92 Å². The van der Waals surface area contributed by atoms with Crippen molar-refractivity contribution in [2.45, 2.75) is 38.8 Å². The number of aromatic hydroxyl groups is 3. The first kappa shape index (κ1) is 14.6. The fourth-order valence-electron chi connectivity index (χ4n) is 1.85. The molecule has 1 rings (SSSR count). The van der Waals surface area contributed by atoms with Crippen molar-refractivity contribution >= 4 is 0 Å². The molecule has 1 aromatic carbocycles. The molecule has 5 nitrogen and oxygen atoms in total. The van der Waals surface area contributed by atoms with Crippen molar-refractivity contribution in [3.8, 4) is 17.2 Å². The Morgan fingerprint density at radius 3 is 2.44 bits per heavy atom. The molecule has 0 aliphatic rings. The van der Waals surface area contributed by atoms with E-state index in [1.165, 1.54) is 12.1 Å². The van der Waals surface area contributed by atoms with Crippen LogP contribution in [0.25, 0.3) is 0 Å². The van der Waals surface area contributed by atoms with Crippen molar-refractivity contribution in [1.29, 1.82) is 0 Å². The molecule has 0 saturated carbocycles. The molecule has 0 bridgehead atoms. The number of phenols is 3. The molecule has 0 fully saturated rings. The topological polar surface area (TPSA) is 93.0 Å². The van der Waals surface area contributed by atoms with E-state index >= 15 is 0 Å². The molecule has 102 valence electrons. The van der Waals surface area contributed by atoms with E-state index in [1.54, 1.807) is 6.92 Å². The number of benzene rings is 1. The summed E-state index contributed by atoms with van der Waals surface area (Å²) in [6.45, 7) is 4.44. The number of aliphatic hydroxyl groups is 1. The summed E-state index contributed by atoms with van der Waals surface area (Å²) < 4.78 is 0. The predicted octanol–water partition coefficient (Wildman–Crippen LogP) is 1.44. The van der Waals surface area contributed by atoms with Crippen LogP contribution in [0.3, 0.4) is 0 Å². The number of hydrogen-bond acceptors (Lipinski definition) is 5. The molecule has 5 heteroatoms. The van der Waals surface area contributed by atoms with Gasteiger partial charge in [-0.25, -0.2) is 0 Å². The Morgan fingerprint density at radius 1 is 1.17 bits per heavy atom. The quantitative estimate of drug-likeness (QED) is 0.496. The summed E-state index contributed by atoms with van der Waals surface area (Å²) in [5.41, 5.74) is -0.318. The molecular formula is C13H21NO4. The fourth-order valence-corrected chi connectivity index (χ4v) is 1.85. The van der Waals surface area contributed by atoms with Gasteiger partial charge in [0.05, 0.1) is 5.60 Å². The van der Waals surface area contributed by atoms with Crippen molar-refractivity contribution in [3.05, 3.63) is 17.7 Å². The first-order valence-electron chi connectivity index (χ1n) is 6.03. The molecule has 1 aromatic rings. The van der Waals surface area contributed by atoms with E-state index in [0.717, 1.165) is 6.42 Å². The van der Waals surface area contributed by atoms with Gasteiger partial charge in [-0.3, -0.25) is 0 Å². The minimum Gasteiger partial charge on any atom is -0.504 e. The Morgan fingerprint density at radius 2 is 1.83 bits per heavy atom. The van der Waals surface area contributed by atoms with E-state index in [2.05, 4.69) is 5.32 Å². The first-order valence-corrected chi connectivity index (χ1v) is 6.03. The van der Waals surface area contributed by atoms with E-state index in [4.69, 9.17) is 0 Å². The van der Waals surface area contributed by atoms with Crippen molar-refractivity contribution in [3.63, 3.8) is 0 Å². The summed E-state index contributed by atoms with van der Waals surface area (Å²) in [6.07, 6.45) is 1.58. The third-order valence-electron chi connectivity index (χ3n) is 2.82. The maximum absolute atomic E-state index is 9.95. The predicted molar refractivity (Wildman–Crippen MR) is 68.7 cm³/mol. The highest BCUT2D eigenvalue weighted by Gasteiger charge is 2.18. The second-order valence-electron chi connectivity index (χ2n) is 4.79. The van der Waals surface area contributed by atoms with Crippen LogP contribution in [0.5, 0.6) is 17.2 Å². The zero-order chi connectivity index (χ0) is 13.8. The van der Waals surface area contributed by atoms with Gasteiger partial charge in [0, 0.05) is 18.7 Å². The van der Waals surface area contributed by atoms with E-state index in [9.17, 15) is 20.4 Å². The first-order chi connectivity index (χ1) is 8.37. The SMILES string of the molecule is CCCC(C)(O)CNCc1ccc(O)c(O)c1O. The lowest BCUT2D eigenvalue weighted by molar-refractivity contribution is 0.0497. The van der Waals surface area contributed by atoms with Crippen LogP contribution in [0.4, 0.5) is 0 Å². The molecule has 18 heavy (non-hydrogen) atoms. The number of nitrogens with one attached hydrogen (secondary N) is 1. The Bertz CT molecular complexity index is 404. The number of rotatable bonds is 6. The molecule has 5 N–H and O–H groups in total. The highest BCUT2D eigenvalue weighted by atomic mass is 16.3. The van der Waals surface area contributed by atoms with Crippen LogP contribution in [0, 0.1) is 0 Å². The van der Waals surface area contributed by atoms with Gasteiger partial charge in [-0.2, -0.15) is 0 Å². The van der Waals surface area contributed by atoms with Crippen LogP contribution in [0.1, 0.15) is 32.3 Å². The Labute approximate surface area is 107 Å². The highest BCUT2D eigenvalue weighted by molar-refractivity contribution is 5.52. The highest BCUT2D eigenvalue weighted by Crippen LogP contribution is 2.36. The van der Waals surface area contributed by atoms with Gasteiger partial charge in [0.15, 0.2) is 11.5 Å². The molecule has 1 unspecified atom stereocenters. The van der Waals surface area contributed by atoms with Gasteiger partial charge in [0.1, 0.15) is 0 Å². The van der Waals surface area contributed by atoms with Crippen molar-refractivity contribution < 1.29 is 20.4 Å². The fraction of sp³-hybridized carbons (Fsp3) is 0.538. The van der Waals surface area contributed by atoms with Gasteiger partial charge in [-0.1, -0.05) is 19.4 Å². The molecular weight excluding hydrogens is 234 g/mol. The van der Waals surface area contributed by atoms with E-state index < -0.39 is 11.4 Å². The van der Waals surface area contributed by atoms with Gasteiger partial charge in [-0.05, 0) is 19.4 Å². The van der Waals surface area contributed by atoms with Crippen LogP contribution in [-0.4, -0.2) is 32.6 Å². The lowest BCUT2D eigenvalue weighted by atomic mass is 10.0. The second-order valence-corrected chi connectivity index (χ2v) is 4.79. The molecule has 0 spiro atoms. The molecule has 0 saturated heterocycles. The van der Waals surface area contributed by atoms with Crippen molar-refractivity contribution in [1.82, 2.24) is 5.32 Å². The zero-order valence-corrected chi connectivity index (χ0v) is 10.8.